The van der Waals surface area contributed by atoms with E-state index in [4.69, 9.17) is 14.0 Å². The molecule has 7 nitrogen and oxygen atoms in total. The normalized spacial score (nSPS) is 35.7. The summed E-state index contributed by atoms with van der Waals surface area (Å²) in [6.07, 6.45) is -7.10. The Hall–Kier alpha value is -0.870. The van der Waals surface area contributed by atoms with Crippen molar-refractivity contribution in [2.24, 2.45) is 0 Å². The molecule has 20 heavy (non-hydrogen) atoms. The molecule has 112 valence electrons. The first-order valence-electron chi connectivity index (χ1n) is 5.99. The summed E-state index contributed by atoms with van der Waals surface area (Å²) in [6, 6.07) is 8.22. The lowest BCUT2D eigenvalue weighted by Crippen LogP contribution is -2.59. The highest BCUT2D eigenvalue weighted by Gasteiger charge is 2.44. The second kappa shape index (κ2) is 6.72. The molecule has 2 rings (SSSR count). The van der Waals surface area contributed by atoms with Crippen LogP contribution in [0.25, 0.3) is 0 Å². The molecule has 1 aliphatic rings. The Kier molecular flexibility index (Phi) is 5.22. The average molecular weight is 304 g/mol. The third-order valence-corrected chi connectivity index (χ3v) is 3.99. The van der Waals surface area contributed by atoms with E-state index >= 15 is 0 Å². The zero-order valence-electron chi connectivity index (χ0n) is 10.4. The van der Waals surface area contributed by atoms with Gasteiger partial charge in [-0.25, -0.2) is 4.21 Å². The Labute approximate surface area is 118 Å². The highest BCUT2D eigenvalue weighted by Crippen LogP contribution is 2.23. The van der Waals surface area contributed by atoms with Gasteiger partial charge >= 0.3 is 0 Å². The molecule has 1 aliphatic heterocycles. The van der Waals surface area contributed by atoms with E-state index in [1.165, 1.54) is 0 Å². The Morgan fingerprint density at radius 2 is 1.75 bits per heavy atom. The Balaban J connectivity index is 2.06. The van der Waals surface area contributed by atoms with Gasteiger partial charge in [0.15, 0.2) is 11.1 Å². The first-order chi connectivity index (χ1) is 9.54. The number of hydrogen-bond acceptors (Lipinski definition) is 7. The predicted molar refractivity (Wildman–Crippen MR) is 67.7 cm³/mol. The van der Waals surface area contributed by atoms with Crippen molar-refractivity contribution >= 4 is 11.1 Å². The van der Waals surface area contributed by atoms with Gasteiger partial charge in [0.2, 0.25) is 6.29 Å². The molecule has 1 fully saturated rings. The molecule has 8 heteroatoms. The van der Waals surface area contributed by atoms with Crippen LogP contribution in [0.4, 0.5) is 0 Å². The van der Waals surface area contributed by atoms with Gasteiger partial charge in [-0.1, -0.05) is 18.2 Å². The number of rotatable bonds is 4. The number of aliphatic hydroxyl groups excluding tert-OH is 4. The van der Waals surface area contributed by atoms with Gasteiger partial charge in [0.05, 0.1) is 11.5 Å². The summed E-state index contributed by atoms with van der Waals surface area (Å²) in [5.41, 5.74) is 0. The molecular formula is C12H16O7S. The van der Waals surface area contributed by atoms with Crippen molar-refractivity contribution in [3.05, 3.63) is 30.3 Å². The van der Waals surface area contributed by atoms with Gasteiger partial charge in [-0.05, 0) is 12.1 Å². The standard InChI is InChI=1S/C12H16O7S/c13-6-8-9(14)10(15)11(16)12(18-8)19-20(17)7-4-2-1-3-5-7/h1-5,8-16H,6H2/t8-,9-,10-,11-,12-,20?/m1/s1. The van der Waals surface area contributed by atoms with Crippen molar-refractivity contribution in [2.45, 2.75) is 35.6 Å². The fourth-order valence-electron chi connectivity index (χ4n) is 1.82. The molecule has 0 radical (unpaired) electrons. The maximum Gasteiger partial charge on any atom is 0.202 e. The van der Waals surface area contributed by atoms with E-state index in [0.717, 1.165) is 0 Å². The van der Waals surface area contributed by atoms with E-state index in [9.17, 15) is 19.5 Å². The second-order valence-electron chi connectivity index (χ2n) is 4.34. The van der Waals surface area contributed by atoms with Gasteiger partial charge in [0.25, 0.3) is 0 Å². The van der Waals surface area contributed by atoms with Crippen molar-refractivity contribution in [3.63, 3.8) is 0 Å². The molecule has 0 aromatic heterocycles. The van der Waals surface area contributed by atoms with Gasteiger partial charge in [-0.15, -0.1) is 0 Å². The minimum absolute atomic E-state index is 0.365. The topological polar surface area (TPSA) is 116 Å². The average Bonchev–Trinajstić information content (AvgIpc) is 2.48. The zero-order valence-corrected chi connectivity index (χ0v) is 11.2. The summed E-state index contributed by atoms with van der Waals surface area (Å²) in [5, 5.41) is 37.9. The molecular weight excluding hydrogens is 288 g/mol. The fraction of sp³-hybridized carbons (Fsp3) is 0.500. The minimum atomic E-state index is -1.90. The van der Waals surface area contributed by atoms with Crippen LogP contribution in [0, 0.1) is 0 Å². The van der Waals surface area contributed by atoms with E-state index < -0.39 is 48.4 Å². The second-order valence-corrected chi connectivity index (χ2v) is 5.47. The lowest BCUT2D eigenvalue weighted by Gasteiger charge is -2.38. The van der Waals surface area contributed by atoms with Crippen molar-refractivity contribution in [3.8, 4) is 0 Å². The number of ether oxygens (including phenoxy) is 1. The largest absolute Gasteiger partial charge is 0.394 e. The van der Waals surface area contributed by atoms with Gasteiger partial charge in [0.1, 0.15) is 24.4 Å². The molecule has 0 amide bonds. The molecule has 6 atom stereocenters. The molecule has 0 spiro atoms. The van der Waals surface area contributed by atoms with Crippen molar-refractivity contribution in [1.82, 2.24) is 0 Å². The monoisotopic (exact) mass is 304 g/mol. The van der Waals surface area contributed by atoms with Crippen LogP contribution in [0.3, 0.4) is 0 Å². The van der Waals surface area contributed by atoms with Crippen LogP contribution in [0.2, 0.25) is 0 Å². The smallest absolute Gasteiger partial charge is 0.202 e. The Morgan fingerprint density at radius 1 is 1.10 bits per heavy atom. The summed E-state index contributed by atoms with van der Waals surface area (Å²) in [5.74, 6) is 0. The quantitative estimate of drug-likeness (QED) is 0.536. The molecule has 1 heterocycles. The summed E-state index contributed by atoms with van der Waals surface area (Å²) in [4.78, 5) is 0.365. The third-order valence-electron chi connectivity index (χ3n) is 2.97. The van der Waals surface area contributed by atoms with E-state index in [0.29, 0.717) is 4.90 Å². The van der Waals surface area contributed by atoms with Crippen molar-refractivity contribution in [2.75, 3.05) is 6.61 Å². The number of hydrogen-bond donors (Lipinski definition) is 4. The summed E-state index contributed by atoms with van der Waals surface area (Å²) >= 11 is -1.90. The Morgan fingerprint density at radius 3 is 2.35 bits per heavy atom. The first-order valence-corrected chi connectivity index (χ1v) is 7.06. The fourth-order valence-corrected chi connectivity index (χ4v) is 2.64. The SMILES string of the molecule is O=S(O[C@H]1O[C@H](CO)[C@@H](O)[C@@H](O)[C@H]1O)c1ccccc1. The van der Waals surface area contributed by atoms with E-state index in [1.807, 2.05) is 0 Å². The summed E-state index contributed by atoms with van der Waals surface area (Å²) < 4.78 is 22.1. The van der Waals surface area contributed by atoms with Crippen LogP contribution >= 0.6 is 0 Å². The predicted octanol–water partition coefficient (Wildman–Crippen LogP) is -1.47. The van der Waals surface area contributed by atoms with Crippen LogP contribution in [-0.4, -0.2) is 61.9 Å². The first kappa shape index (κ1) is 15.5. The third kappa shape index (κ3) is 3.23. The zero-order chi connectivity index (χ0) is 14.7. The molecule has 4 N–H and O–H groups in total. The lowest BCUT2D eigenvalue weighted by atomic mass is 10.00. The van der Waals surface area contributed by atoms with Crippen LogP contribution in [0.1, 0.15) is 0 Å². The van der Waals surface area contributed by atoms with Gasteiger partial charge in [-0.2, -0.15) is 0 Å². The van der Waals surface area contributed by atoms with Gasteiger partial charge < -0.3 is 25.2 Å². The molecule has 1 aromatic rings. The molecule has 0 bridgehead atoms. The van der Waals surface area contributed by atoms with E-state index in [-0.39, 0.29) is 0 Å². The van der Waals surface area contributed by atoms with Crippen LogP contribution in [0.15, 0.2) is 35.2 Å². The van der Waals surface area contributed by atoms with Crippen LogP contribution < -0.4 is 0 Å². The Bertz CT molecular complexity index is 452. The van der Waals surface area contributed by atoms with Gasteiger partial charge in [0, 0.05) is 0 Å². The summed E-state index contributed by atoms with van der Waals surface area (Å²) in [6.45, 7) is -0.567. The molecule has 1 unspecified atom stereocenters. The molecule has 1 saturated heterocycles. The molecule has 0 aliphatic carbocycles. The molecule has 1 aromatic carbocycles. The van der Waals surface area contributed by atoms with Crippen molar-refractivity contribution < 1.29 is 33.6 Å². The number of aliphatic hydroxyl groups is 4. The maximum absolute atomic E-state index is 11.9. The van der Waals surface area contributed by atoms with E-state index in [2.05, 4.69) is 0 Å². The highest BCUT2D eigenvalue weighted by molar-refractivity contribution is 7.80. The number of benzene rings is 1. The van der Waals surface area contributed by atoms with Crippen molar-refractivity contribution in [1.29, 1.82) is 0 Å². The summed E-state index contributed by atoms with van der Waals surface area (Å²) in [7, 11) is 0. The van der Waals surface area contributed by atoms with Crippen LogP contribution in [-0.2, 0) is 20.0 Å². The minimum Gasteiger partial charge on any atom is -0.394 e. The molecule has 0 saturated carbocycles. The highest BCUT2D eigenvalue weighted by atomic mass is 32.2. The lowest BCUT2D eigenvalue weighted by molar-refractivity contribution is -0.275. The van der Waals surface area contributed by atoms with Gasteiger partial charge in [-0.3, -0.25) is 4.18 Å². The van der Waals surface area contributed by atoms with Crippen LogP contribution in [0.5, 0.6) is 0 Å². The maximum atomic E-state index is 11.9. The van der Waals surface area contributed by atoms with E-state index in [1.54, 1.807) is 30.3 Å².